The summed E-state index contributed by atoms with van der Waals surface area (Å²) >= 11 is 0. The Morgan fingerprint density at radius 1 is 1.00 bits per heavy atom. The topological polar surface area (TPSA) is 97.2 Å². The van der Waals surface area contributed by atoms with Crippen molar-refractivity contribution in [3.63, 3.8) is 0 Å². The first-order valence-corrected chi connectivity index (χ1v) is 8.42. The van der Waals surface area contributed by atoms with Gasteiger partial charge in [-0.25, -0.2) is 4.98 Å². The number of amides is 1. The van der Waals surface area contributed by atoms with Crippen LogP contribution in [0.25, 0.3) is 0 Å². The standard InChI is InChI=1S/C20H18N4O3/c25-20(23-16-8-10-17(11-9-16)24(26)27)18-7-4-13-21-19(18)22-14-12-15-5-2-1-3-6-15/h1-11,13H,12,14H2,(H,21,22)(H,23,25). The van der Waals surface area contributed by atoms with Crippen molar-refractivity contribution in [1.29, 1.82) is 0 Å². The molecule has 0 fully saturated rings. The first-order chi connectivity index (χ1) is 13.1. The second kappa shape index (κ2) is 8.57. The summed E-state index contributed by atoms with van der Waals surface area (Å²) in [5.41, 5.74) is 2.05. The number of aromatic nitrogens is 1. The van der Waals surface area contributed by atoms with Crippen LogP contribution in [-0.4, -0.2) is 22.4 Å². The van der Waals surface area contributed by atoms with E-state index in [1.165, 1.54) is 29.8 Å². The largest absolute Gasteiger partial charge is 0.369 e. The molecule has 0 unspecified atom stereocenters. The summed E-state index contributed by atoms with van der Waals surface area (Å²) in [6, 6.07) is 19.1. The molecular weight excluding hydrogens is 344 g/mol. The van der Waals surface area contributed by atoms with E-state index < -0.39 is 4.92 Å². The Bertz CT molecular complexity index is 927. The predicted molar refractivity (Wildman–Crippen MR) is 104 cm³/mol. The molecule has 27 heavy (non-hydrogen) atoms. The number of benzene rings is 2. The number of anilines is 2. The lowest BCUT2D eigenvalue weighted by molar-refractivity contribution is -0.384. The van der Waals surface area contributed by atoms with Gasteiger partial charge in [0.15, 0.2) is 0 Å². The highest BCUT2D eigenvalue weighted by atomic mass is 16.6. The SMILES string of the molecule is O=C(Nc1ccc([N+](=O)[O-])cc1)c1cccnc1NCCc1ccccc1. The van der Waals surface area contributed by atoms with E-state index in [4.69, 9.17) is 0 Å². The van der Waals surface area contributed by atoms with Crippen LogP contribution in [0.4, 0.5) is 17.2 Å². The van der Waals surface area contributed by atoms with E-state index in [0.717, 1.165) is 6.42 Å². The second-order valence-corrected chi connectivity index (χ2v) is 5.82. The van der Waals surface area contributed by atoms with E-state index in [2.05, 4.69) is 15.6 Å². The van der Waals surface area contributed by atoms with Crippen LogP contribution < -0.4 is 10.6 Å². The quantitative estimate of drug-likeness (QED) is 0.491. The number of carbonyl (C=O) groups excluding carboxylic acids is 1. The van der Waals surface area contributed by atoms with Gasteiger partial charge in [0.05, 0.1) is 10.5 Å². The molecule has 0 aliphatic heterocycles. The Kier molecular flexibility index (Phi) is 5.73. The average molecular weight is 362 g/mol. The lowest BCUT2D eigenvalue weighted by Gasteiger charge is -2.11. The van der Waals surface area contributed by atoms with Crippen molar-refractivity contribution in [2.45, 2.75) is 6.42 Å². The fourth-order valence-electron chi connectivity index (χ4n) is 2.56. The number of nitro groups is 1. The maximum Gasteiger partial charge on any atom is 0.269 e. The van der Waals surface area contributed by atoms with Crippen LogP contribution in [0.1, 0.15) is 15.9 Å². The van der Waals surface area contributed by atoms with Crippen molar-refractivity contribution in [3.05, 3.63) is 94.2 Å². The van der Waals surface area contributed by atoms with Crippen LogP contribution >= 0.6 is 0 Å². The molecule has 0 saturated carbocycles. The molecule has 2 N–H and O–H groups in total. The van der Waals surface area contributed by atoms with Crippen molar-refractivity contribution < 1.29 is 9.72 Å². The normalized spacial score (nSPS) is 10.2. The highest BCUT2D eigenvalue weighted by Gasteiger charge is 2.13. The molecule has 0 spiro atoms. The van der Waals surface area contributed by atoms with Gasteiger partial charge in [-0.1, -0.05) is 30.3 Å². The van der Waals surface area contributed by atoms with Crippen molar-refractivity contribution in [1.82, 2.24) is 4.98 Å². The van der Waals surface area contributed by atoms with Crippen LogP contribution in [0.15, 0.2) is 72.9 Å². The zero-order valence-corrected chi connectivity index (χ0v) is 14.5. The maximum absolute atomic E-state index is 12.6. The molecule has 3 rings (SSSR count). The molecule has 1 heterocycles. The molecule has 3 aromatic rings. The van der Waals surface area contributed by atoms with Gasteiger partial charge in [-0.2, -0.15) is 0 Å². The minimum atomic E-state index is -0.485. The minimum absolute atomic E-state index is 0.0300. The van der Waals surface area contributed by atoms with Crippen LogP contribution in [0.3, 0.4) is 0 Å². The summed E-state index contributed by atoms with van der Waals surface area (Å²) in [5, 5.41) is 16.6. The van der Waals surface area contributed by atoms with Crippen molar-refractivity contribution in [3.8, 4) is 0 Å². The lowest BCUT2D eigenvalue weighted by atomic mass is 10.1. The fraction of sp³-hybridized carbons (Fsp3) is 0.100. The first-order valence-electron chi connectivity index (χ1n) is 8.42. The minimum Gasteiger partial charge on any atom is -0.369 e. The van der Waals surface area contributed by atoms with E-state index in [-0.39, 0.29) is 11.6 Å². The van der Waals surface area contributed by atoms with E-state index in [1.54, 1.807) is 18.3 Å². The zero-order valence-electron chi connectivity index (χ0n) is 14.5. The molecule has 0 bridgehead atoms. The number of nitrogens with one attached hydrogen (secondary N) is 2. The summed E-state index contributed by atoms with van der Waals surface area (Å²) in [4.78, 5) is 27.0. The summed E-state index contributed by atoms with van der Waals surface area (Å²) in [6.07, 6.45) is 2.42. The van der Waals surface area contributed by atoms with Crippen molar-refractivity contribution in [2.75, 3.05) is 17.2 Å². The van der Waals surface area contributed by atoms with Gasteiger partial charge in [0.1, 0.15) is 5.82 Å². The number of nitro benzene ring substituents is 1. The van der Waals surface area contributed by atoms with Crippen LogP contribution in [0.2, 0.25) is 0 Å². The van der Waals surface area contributed by atoms with E-state index >= 15 is 0 Å². The van der Waals surface area contributed by atoms with Crippen LogP contribution in [0, 0.1) is 10.1 Å². The third kappa shape index (κ3) is 4.88. The number of hydrogen-bond acceptors (Lipinski definition) is 5. The Morgan fingerprint density at radius 3 is 2.44 bits per heavy atom. The van der Waals surface area contributed by atoms with Crippen molar-refractivity contribution >= 4 is 23.1 Å². The number of hydrogen-bond donors (Lipinski definition) is 2. The molecule has 0 aliphatic carbocycles. The van der Waals surface area contributed by atoms with E-state index in [9.17, 15) is 14.9 Å². The highest BCUT2D eigenvalue weighted by Crippen LogP contribution is 2.18. The molecule has 7 heteroatoms. The van der Waals surface area contributed by atoms with Crippen LogP contribution in [0.5, 0.6) is 0 Å². The van der Waals surface area contributed by atoms with Gasteiger partial charge in [-0.3, -0.25) is 14.9 Å². The Morgan fingerprint density at radius 2 is 1.74 bits per heavy atom. The van der Waals surface area contributed by atoms with Gasteiger partial charge in [0.2, 0.25) is 0 Å². The van der Waals surface area contributed by atoms with Gasteiger partial charge >= 0.3 is 0 Å². The molecule has 1 amide bonds. The number of carbonyl (C=O) groups is 1. The zero-order chi connectivity index (χ0) is 19.1. The molecule has 0 saturated heterocycles. The number of non-ortho nitro benzene ring substituents is 1. The molecular formula is C20H18N4O3. The summed E-state index contributed by atoms with van der Waals surface area (Å²) in [6.45, 7) is 0.638. The Hall–Kier alpha value is -3.74. The Balaban J connectivity index is 1.65. The molecule has 0 radical (unpaired) electrons. The maximum atomic E-state index is 12.6. The third-order valence-corrected chi connectivity index (χ3v) is 3.94. The lowest BCUT2D eigenvalue weighted by Crippen LogP contribution is -2.16. The summed E-state index contributed by atoms with van der Waals surface area (Å²) < 4.78 is 0. The smallest absolute Gasteiger partial charge is 0.269 e. The monoisotopic (exact) mass is 362 g/mol. The Labute approximate surface area is 156 Å². The van der Waals surface area contributed by atoms with Gasteiger partial charge < -0.3 is 10.6 Å². The number of rotatable bonds is 7. The van der Waals surface area contributed by atoms with Gasteiger partial charge in [-0.05, 0) is 36.2 Å². The molecule has 1 aromatic heterocycles. The highest BCUT2D eigenvalue weighted by molar-refractivity contribution is 6.07. The summed E-state index contributed by atoms with van der Waals surface area (Å²) in [5.74, 6) is 0.159. The molecule has 0 atom stereocenters. The third-order valence-electron chi connectivity index (χ3n) is 3.94. The van der Waals surface area contributed by atoms with Gasteiger partial charge in [0, 0.05) is 30.6 Å². The van der Waals surface area contributed by atoms with E-state index in [1.807, 2.05) is 30.3 Å². The van der Waals surface area contributed by atoms with Gasteiger partial charge in [-0.15, -0.1) is 0 Å². The molecule has 2 aromatic carbocycles. The second-order valence-electron chi connectivity index (χ2n) is 5.82. The van der Waals surface area contributed by atoms with Gasteiger partial charge in [0.25, 0.3) is 11.6 Å². The molecule has 7 nitrogen and oxygen atoms in total. The molecule has 0 aliphatic rings. The fourth-order valence-corrected chi connectivity index (χ4v) is 2.56. The molecule has 136 valence electrons. The average Bonchev–Trinajstić information content (AvgIpc) is 2.69. The van der Waals surface area contributed by atoms with Crippen molar-refractivity contribution in [2.24, 2.45) is 0 Å². The van der Waals surface area contributed by atoms with E-state index in [0.29, 0.717) is 23.6 Å². The summed E-state index contributed by atoms with van der Waals surface area (Å²) in [7, 11) is 0. The predicted octanol–water partition coefficient (Wildman–Crippen LogP) is 3.90. The van der Waals surface area contributed by atoms with Crippen LogP contribution in [-0.2, 0) is 6.42 Å². The number of nitrogens with zero attached hydrogens (tertiary/aromatic N) is 2. The first kappa shape index (κ1) is 18.1. The number of pyridine rings is 1.